The summed E-state index contributed by atoms with van der Waals surface area (Å²) >= 11 is 0. The quantitative estimate of drug-likeness (QED) is 0.293. The van der Waals surface area contributed by atoms with Crippen molar-refractivity contribution in [2.45, 2.75) is 105 Å². The largest absolute Gasteiger partial charge is 0.365 e. The lowest BCUT2D eigenvalue weighted by molar-refractivity contribution is 0.656. The maximum atomic E-state index is 2.56. The average Bonchev–Trinajstić information content (AvgIpc) is 3.30. The van der Waals surface area contributed by atoms with Crippen molar-refractivity contribution in [2.75, 3.05) is 11.4 Å². The minimum Gasteiger partial charge on any atom is -0.365 e. The predicted octanol–water partition coefficient (Wildman–Crippen LogP) is 9.92. The van der Waals surface area contributed by atoms with E-state index < -0.39 is 0 Å². The molecule has 0 fully saturated rings. The van der Waals surface area contributed by atoms with Crippen molar-refractivity contribution >= 4 is 5.69 Å². The number of hydrogen-bond donors (Lipinski definition) is 0. The smallest absolute Gasteiger partial charge is 0.0514 e. The van der Waals surface area contributed by atoms with Gasteiger partial charge in [-0.3, -0.25) is 0 Å². The predicted molar refractivity (Wildman–Crippen MR) is 160 cm³/mol. The van der Waals surface area contributed by atoms with Gasteiger partial charge in [0.2, 0.25) is 0 Å². The van der Waals surface area contributed by atoms with E-state index in [4.69, 9.17) is 0 Å². The molecule has 0 heterocycles. The molecule has 194 valence electrons. The van der Waals surface area contributed by atoms with Crippen LogP contribution in [0, 0.1) is 13.8 Å². The molecule has 0 amide bonds. The zero-order valence-corrected chi connectivity index (χ0v) is 24.0. The van der Waals surface area contributed by atoms with E-state index in [2.05, 4.69) is 114 Å². The van der Waals surface area contributed by atoms with Gasteiger partial charge in [-0.2, -0.15) is 0 Å². The third-order valence-corrected chi connectivity index (χ3v) is 7.86. The fraction of sp³-hybridized carbons (Fsp3) is 0.486. The maximum absolute atomic E-state index is 2.56. The van der Waals surface area contributed by atoms with Gasteiger partial charge in [0.1, 0.15) is 0 Å². The number of rotatable bonds is 9. The lowest BCUT2D eigenvalue weighted by atomic mass is 9.97. The molecule has 0 bridgehead atoms. The standard InChI is InChI=1S/C21H29N.C14H20/c1-6-14-22(18(5)20-11-8-16(3)9-12-20)21-13-10-17(4)15-19(21)7-2;1-3-5-11-6-9-14-12(4-2)7-8-13(14)10-11/h8-13,15,18H,6-7,14H2,1-5H3;6,9-10,12H,3-5,7-8H2,1-2H3/t18-;/m0./s1. The molecule has 1 aliphatic rings. The van der Waals surface area contributed by atoms with E-state index in [0.717, 1.165) is 25.3 Å². The summed E-state index contributed by atoms with van der Waals surface area (Å²) < 4.78 is 0. The number of benzene rings is 3. The monoisotopic (exact) mass is 483 g/mol. The van der Waals surface area contributed by atoms with Gasteiger partial charge in [-0.1, -0.05) is 99.8 Å². The van der Waals surface area contributed by atoms with Crippen LogP contribution in [0.5, 0.6) is 0 Å². The number of aryl methyl sites for hydroxylation is 5. The van der Waals surface area contributed by atoms with Gasteiger partial charge in [0.15, 0.2) is 0 Å². The zero-order valence-electron chi connectivity index (χ0n) is 24.0. The highest BCUT2D eigenvalue weighted by Gasteiger charge is 2.20. The first kappa shape index (κ1) is 28.0. The Hall–Kier alpha value is -2.54. The molecule has 0 aromatic heterocycles. The lowest BCUT2D eigenvalue weighted by Crippen LogP contribution is -2.28. The van der Waals surface area contributed by atoms with Crippen LogP contribution >= 0.6 is 0 Å². The van der Waals surface area contributed by atoms with E-state index in [1.54, 1.807) is 11.1 Å². The van der Waals surface area contributed by atoms with Crippen LogP contribution in [0.1, 0.15) is 111 Å². The Morgan fingerprint density at radius 3 is 2.19 bits per heavy atom. The molecular weight excluding hydrogens is 434 g/mol. The number of anilines is 1. The Kier molecular flexibility index (Phi) is 10.7. The molecule has 0 N–H and O–H groups in total. The van der Waals surface area contributed by atoms with Crippen molar-refractivity contribution in [3.05, 3.63) is 99.6 Å². The van der Waals surface area contributed by atoms with E-state index in [1.807, 2.05) is 0 Å². The summed E-state index contributed by atoms with van der Waals surface area (Å²) in [5, 5.41) is 0. The van der Waals surface area contributed by atoms with Crippen LogP contribution in [0.25, 0.3) is 0 Å². The Bertz CT molecular complexity index is 1080. The Labute approximate surface area is 222 Å². The molecule has 1 unspecified atom stereocenters. The van der Waals surface area contributed by atoms with Crippen molar-refractivity contribution in [1.82, 2.24) is 0 Å². The van der Waals surface area contributed by atoms with Gasteiger partial charge in [0, 0.05) is 12.2 Å². The highest BCUT2D eigenvalue weighted by atomic mass is 15.2. The van der Waals surface area contributed by atoms with Crippen LogP contribution in [-0.4, -0.2) is 6.54 Å². The van der Waals surface area contributed by atoms with Gasteiger partial charge >= 0.3 is 0 Å². The van der Waals surface area contributed by atoms with E-state index in [9.17, 15) is 0 Å². The second kappa shape index (κ2) is 13.7. The average molecular weight is 484 g/mol. The summed E-state index contributed by atoms with van der Waals surface area (Å²) in [5.74, 6) is 0.848. The molecular formula is C35H49N. The van der Waals surface area contributed by atoms with Gasteiger partial charge < -0.3 is 4.90 Å². The van der Waals surface area contributed by atoms with Crippen LogP contribution in [0.4, 0.5) is 5.69 Å². The molecule has 3 aromatic rings. The molecule has 0 aliphatic heterocycles. The van der Waals surface area contributed by atoms with E-state index in [0.29, 0.717) is 6.04 Å². The summed E-state index contributed by atoms with van der Waals surface area (Å²) in [6, 6.07) is 23.4. The third kappa shape index (κ3) is 7.02. The van der Waals surface area contributed by atoms with Gasteiger partial charge in [-0.05, 0) is 99.1 Å². The third-order valence-electron chi connectivity index (χ3n) is 7.86. The second-order valence-electron chi connectivity index (χ2n) is 10.7. The highest BCUT2D eigenvalue weighted by molar-refractivity contribution is 5.56. The second-order valence-corrected chi connectivity index (χ2v) is 10.7. The topological polar surface area (TPSA) is 3.24 Å². The number of nitrogens with zero attached hydrogens (tertiary/aromatic N) is 1. The lowest BCUT2D eigenvalue weighted by Gasteiger charge is -2.33. The minimum absolute atomic E-state index is 0.397. The van der Waals surface area contributed by atoms with Crippen LogP contribution in [-0.2, 0) is 19.3 Å². The van der Waals surface area contributed by atoms with Crippen LogP contribution in [0.15, 0.2) is 60.7 Å². The summed E-state index contributed by atoms with van der Waals surface area (Å²) in [6.45, 7) is 16.8. The Morgan fingerprint density at radius 2 is 1.56 bits per heavy atom. The molecule has 2 atom stereocenters. The molecule has 0 saturated heterocycles. The first-order chi connectivity index (χ1) is 17.4. The fourth-order valence-corrected chi connectivity index (χ4v) is 5.69. The summed E-state index contributed by atoms with van der Waals surface area (Å²) in [7, 11) is 0. The van der Waals surface area contributed by atoms with Crippen LogP contribution in [0.3, 0.4) is 0 Å². The molecule has 36 heavy (non-hydrogen) atoms. The molecule has 0 spiro atoms. The van der Waals surface area contributed by atoms with Crippen molar-refractivity contribution in [3.63, 3.8) is 0 Å². The Morgan fingerprint density at radius 1 is 0.833 bits per heavy atom. The molecule has 3 aromatic carbocycles. The van der Waals surface area contributed by atoms with E-state index in [1.165, 1.54) is 65.6 Å². The molecule has 1 heteroatoms. The SMILES string of the molecule is CCCN(c1ccc(C)cc1CC)[C@@H](C)c1ccc(C)cc1.CCCc1ccc2c(c1)CCC2CC. The fourth-order valence-electron chi connectivity index (χ4n) is 5.69. The van der Waals surface area contributed by atoms with Crippen molar-refractivity contribution in [3.8, 4) is 0 Å². The number of fused-ring (bicyclic) bond motifs is 1. The normalized spacial score (nSPS) is 15.1. The highest BCUT2D eigenvalue weighted by Crippen LogP contribution is 2.36. The van der Waals surface area contributed by atoms with Crippen molar-refractivity contribution < 1.29 is 0 Å². The number of hydrogen-bond acceptors (Lipinski definition) is 1. The minimum atomic E-state index is 0.397. The molecule has 0 saturated carbocycles. The van der Waals surface area contributed by atoms with Crippen LogP contribution in [0.2, 0.25) is 0 Å². The van der Waals surface area contributed by atoms with Gasteiger partial charge in [0.25, 0.3) is 0 Å². The summed E-state index contributed by atoms with van der Waals surface area (Å²) in [4.78, 5) is 2.56. The zero-order chi connectivity index (χ0) is 26.1. The molecule has 0 radical (unpaired) electrons. The summed E-state index contributed by atoms with van der Waals surface area (Å²) in [6.07, 6.45) is 8.73. The van der Waals surface area contributed by atoms with Gasteiger partial charge in [0.05, 0.1) is 6.04 Å². The van der Waals surface area contributed by atoms with Crippen molar-refractivity contribution in [1.29, 1.82) is 0 Å². The molecule has 4 rings (SSSR count). The summed E-state index contributed by atoms with van der Waals surface area (Å²) in [5.41, 5.74) is 11.7. The molecule has 1 aliphatic carbocycles. The van der Waals surface area contributed by atoms with E-state index in [-0.39, 0.29) is 0 Å². The van der Waals surface area contributed by atoms with Crippen LogP contribution < -0.4 is 4.90 Å². The van der Waals surface area contributed by atoms with Crippen molar-refractivity contribution in [2.24, 2.45) is 0 Å². The first-order valence-corrected chi connectivity index (χ1v) is 14.5. The molecule has 1 nitrogen and oxygen atoms in total. The van der Waals surface area contributed by atoms with Gasteiger partial charge in [-0.15, -0.1) is 0 Å². The first-order valence-electron chi connectivity index (χ1n) is 14.5. The Balaban J connectivity index is 0.000000221. The maximum Gasteiger partial charge on any atom is 0.0514 e. The van der Waals surface area contributed by atoms with E-state index >= 15 is 0 Å². The van der Waals surface area contributed by atoms with Gasteiger partial charge in [-0.25, -0.2) is 0 Å².